The lowest BCUT2D eigenvalue weighted by Gasteiger charge is -2.19. The van der Waals surface area contributed by atoms with Crippen molar-refractivity contribution in [1.29, 1.82) is 0 Å². The standard InChI is InChI=1S/C11H19NO4/c1-11(2,3)10(15)12-6-7-4-5-8(16-7)9(13)14/h7-8H,4-6H2,1-3H3,(H,12,15)(H,13,14). The van der Waals surface area contributed by atoms with Crippen LogP contribution in [-0.4, -0.2) is 35.7 Å². The second-order valence-corrected chi connectivity index (χ2v) is 5.12. The molecule has 0 bridgehead atoms. The number of carbonyl (C=O) groups is 2. The first-order valence-electron chi connectivity index (χ1n) is 5.47. The molecule has 0 aliphatic carbocycles. The van der Waals surface area contributed by atoms with E-state index in [1.54, 1.807) is 0 Å². The van der Waals surface area contributed by atoms with Crippen molar-refractivity contribution < 1.29 is 19.4 Å². The lowest BCUT2D eigenvalue weighted by molar-refractivity contribution is -0.149. The van der Waals surface area contributed by atoms with Gasteiger partial charge in [-0.2, -0.15) is 0 Å². The molecule has 0 saturated carbocycles. The maximum Gasteiger partial charge on any atom is 0.332 e. The van der Waals surface area contributed by atoms with Crippen LogP contribution >= 0.6 is 0 Å². The highest BCUT2D eigenvalue weighted by Gasteiger charge is 2.31. The minimum Gasteiger partial charge on any atom is -0.479 e. The first-order valence-corrected chi connectivity index (χ1v) is 5.47. The predicted octanol–water partition coefficient (Wildman–Crippen LogP) is 0.781. The van der Waals surface area contributed by atoms with Crippen molar-refractivity contribution in [3.63, 3.8) is 0 Å². The normalized spacial score (nSPS) is 25.4. The van der Waals surface area contributed by atoms with Gasteiger partial charge in [-0.25, -0.2) is 4.79 Å². The third-order valence-corrected chi connectivity index (χ3v) is 2.55. The molecule has 5 heteroatoms. The van der Waals surface area contributed by atoms with Crippen molar-refractivity contribution >= 4 is 11.9 Å². The van der Waals surface area contributed by atoms with Gasteiger partial charge in [0.05, 0.1) is 6.10 Å². The van der Waals surface area contributed by atoms with Crippen LogP contribution < -0.4 is 5.32 Å². The van der Waals surface area contributed by atoms with Gasteiger partial charge in [0.1, 0.15) is 0 Å². The number of rotatable bonds is 3. The third-order valence-electron chi connectivity index (χ3n) is 2.55. The van der Waals surface area contributed by atoms with Gasteiger partial charge in [-0.15, -0.1) is 0 Å². The Morgan fingerprint density at radius 2 is 2.00 bits per heavy atom. The van der Waals surface area contributed by atoms with Crippen molar-refractivity contribution in [1.82, 2.24) is 5.32 Å². The van der Waals surface area contributed by atoms with Crippen molar-refractivity contribution in [2.75, 3.05) is 6.54 Å². The molecule has 1 fully saturated rings. The lowest BCUT2D eigenvalue weighted by atomic mass is 9.95. The summed E-state index contributed by atoms with van der Waals surface area (Å²) in [6.45, 7) is 5.88. The van der Waals surface area contributed by atoms with Gasteiger partial charge < -0.3 is 15.2 Å². The third kappa shape index (κ3) is 3.48. The van der Waals surface area contributed by atoms with E-state index in [9.17, 15) is 9.59 Å². The predicted molar refractivity (Wildman–Crippen MR) is 58.0 cm³/mol. The molecule has 1 aliphatic heterocycles. The molecule has 16 heavy (non-hydrogen) atoms. The molecule has 1 rings (SSSR count). The van der Waals surface area contributed by atoms with Crippen molar-refractivity contribution in [2.45, 2.75) is 45.8 Å². The number of carbonyl (C=O) groups excluding carboxylic acids is 1. The lowest BCUT2D eigenvalue weighted by Crippen LogP contribution is -2.39. The second-order valence-electron chi connectivity index (χ2n) is 5.12. The summed E-state index contributed by atoms with van der Waals surface area (Å²) in [5, 5.41) is 11.5. The Kier molecular flexibility index (Phi) is 3.91. The van der Waals surface area contributed by atoms with Gasteiger partial charge in [0.15, 0.2) is 6.10 Å². The monoisotopic (exact) mass is 229 g/mol. The van der Waals surface area contributed by atoms with E-state index in [1.165, 1.54) is 0 Å². The van der Waals surface area contributed by atoms with Crippen molar-refractivity contribution in [2.24, 2.45) is 5.41 Å². The zero-order valence-electron chi connectivity index (χ0n) is 9.95. The van der Waals surface area contributed by atoms with Crippen LogP contribution in [0.5, 0.6) is 0 Å². The molecular weight excluding hydrogens is 210 g/mol. The van der Waals surface area contributed by atoms with Gasteiger partial charge in [0.25, 0.3) is 0 Å². The minimum atomic E-state index is -0.926. The van der Waals surface area contributed by atoms with E-state index in [0.717, 1.165) is 0 Å². The molecule has 1 heterocycles. The van der Waals surface area contributed by atoms with Crippen molar-refractivity contribution in [3.8, 4) is 0 Å². The van der Waals surface area contributed by atoms with E-state index < -0.39 is 17.5 Å². The molecule has 92 valence electrons. The van der Waals surface area contributed by atoms with Gasteiger partial charge in [-0.05, 0) is 12.8 Å². The van der Waals surface area contributed by atoms with Gasteiger partial charge in [-0.3, -0.25) is 4.79 Å². The summed E-state index contributed by atoms with van der Waals surface area (Å²) >= 11 is 0. The zero-order valence-corrected chi connectivity index (χ0v) is 9.95. The van der Waals surface area contributed by atoms with Crippen LogP contribution in [0.4, 0.5) is 0 Å². The van der Waals surface area contributed by atoms with Crippen molar-refractivity contribution in [3.05, 3.63) is 0 Å². The largest absolute Gasteiger partial charge is 0.479 e. The summed E-state index contributed by atoms with van der Waals surface area (Å²) < 4.78 is 5.27. The highest BCUT2D eigenvalue weighted by Crippen LogP contribution is 2.20. The molecule has 2 unspecified atom stereocenters. The van der Waals surface area contributed by atoms with Crippen LogP contribution in [0.3, 0.4) is 0 Å². The van der Waals surface area contributed by atoms with E-state index >= 15 is 0 Å². The fraction of sp³-hybridized carbons (Fsp3) is 0.818. The van der Waals surface area contributed by atoms with E-state index in [1.807, 2.05) is 20.8 Å². The average molecular weight is 229 g/mol. The highest BCUT2D eigenvalue weighted by atomic mass is 16.5. The Hall–Kier alpha value is -1.10. The molecule has 2 atom stereocenters. The van der Waals surface area contributed by atoms with Gasteiger partial charge in [0, 0.05) is 12.0 Å². The number of carboxylic acid groups (broad SMARTS) is 1. The fourth-order valence-corrected chi connectivity index (χ4v) is 1.51. The minimum absolute atomic E-state index is 0.0464. The number of hydrogen-bond acceptors (Lipinski definition) is 3. The number of nitrogens with one attached hydrogen (secondary N) is 1. The van der Waals surface area contributed by atoms with Crippen LogP contribution in [0.2, 0.25) is 0 Å². The van der Waals surface area contributed by atoms with Crippen LogP contribution in [0.15, 0.2) is 0 Å². The topological polar surface area (TPSA) is 75.6 Å². The summed E-state index contributed by atoms with van der Waals surface area (Å²) in [4.78, 5) is 22.2. The van der Waals surface area contributed by atoms with Gasteiger partial charge >= 0.3 is 5.97 Å². The molecule has 0 aromatic rings. The summed E-state index contributed by atoms with van der Waals surface area (Å²) in [7, 11) is 0. The molecule has 0 radical (unpaired) electrons. The number of amides is 1. The quantitative estimate of drug-likeness (QED) is 0.750. The Morgan fingerprint density at radius 1 is 1.38 bits per heavy atom. The first-order chi connectivity index (χ1) is 7.30. The molecule has 2 N–H and O–H groups in total. The summed E-state index contributed by atoms with van der Waals surface area (Å²) in [6.07, 6.45) is 0.316. The number of hydrogen-bond donors (Lipinski definition) is 2. The Balaban J connectivity index is 2.31. The summed E-state index contributed by atoms with van der Waals surface area (Å²) in [5.41, 5.74) is -0.426. The Morgan fingerprint density at radius 3 is 2.44 bits per heavy atom. The molecule has 1 saturated heterocycles. The van der Waals surface area contributed by atoms with E-state index in [-0.39, 0.29) is 12.0 Å². The molecule has 0 spiro atoms. The molecular formula is C11H19NO4. The number of ether oxygens (including phenoxy) is 1. The summed E-state index contributed by atoms with van der Waals surface area (Å²) in [5.74, 6) is -0.973. The van der Waals surface area contributed by atoms with Gasteiger partial charge in [-0.1, -0.05) is 20.8 Å². The molecule has 0 aromatic carbocycles. The molecule has 1 aliphatic rings. The number of aliphatic carboxylic acids is 1. The highest BCUT2D eigenvalue weighted by molar-refractivity contribution is 5.81. The smallest absolute Gasteiger partial charge is 0.332 e. The molecule has 1 amide bonds. The second kappa shape index (κ2) is 4.82. The maximum atomic E-state index is 11.6. The average Bonchev–Trinajstić information content (AvgIpc) is 2.60. The maximum absolute atomic E-state index is 11.6. The van der Waals surface area contributed by atoms with E-state index in [2.05, 4.69) is 5.32 Å². The van der Waals surface area contributed by atoms with Crippen LogP contribution in [0, 0.1) is 5.41 Å². The molecule has 5 nitrogen and oxygen atoms in total. The van der Waals surface area contributed by atoms with E-state index in [0.29, 0.717) is 19.4 Å². The van der Waals surface area contributed by atoms with Crippen LogP contribution in [-0.2, 0) is 14.3 Å². The van der Waals surface area contributed by atoms with Gasteiger partial charge in [0.2, 0.25) is 5.91 Å². The SMILES string of the molecule is CC(C)(C)C(=O)NCC1CCC(C(=O)O)O1. The van der Waals surface area contributed by atoms with E-state index in [4.69, 9.17) is 9.84 Å². The number of carboxylic acids is 1. The fourth-order valence-electron chi connectivity index (χ4n) is 1.51. The summed E-state index contributed by atoms with van der Waals surface area (Å²) in [6, 6.07) is 0. The zero-order chi connectivity index (χ0) is 12.3. The van der Waals surface area contributed by atoms with Crippen LogP contribution in [0.25, 0.3) is 0 Å². The first kappa shape index (κ1) is 13.0. The van der Waals surface area contributed by atoms with Crippen LogP contribution in [0.1, 0.15) is 33.6 Å². The molecule has 0 aromatic heterocycles. The Labute approximate surface area is 95.2 Å². The Bertz CT molecular complexity index is 282.